The van der Waals surface area contributed by atoms with E-state index in [1.807, 2.05) is 0 Å². The SMILES string of the molecule is CC(c1ccc(S(N)(=O)=O)cc1)N(C)C(=O)[C@H](C)NS(=O)(=O)c1ccc(Cl)cc1. The molecule has 11 heteroatoms. The highest BCUT2D eigenvalue weighted by molar-refractivity contribution is 7.89. The van der Waals surface area contributed by atoms with Crippen LogP contribution in [0.4, 0.5) is 0 Å². The lowest BCUT2D eigenvalue weighted by Gasteiger charge is -2.28. The Kier molecular flexibility index (Phi) is 7.07. The van der Waals surface area contributed by atoms with Gasteiger partial charge in [-0.3, -0.25) is 4.79 Å². The maximum absolute atomic E-state index is 12.7. The number of nitrogens with two attached hydrogens (primary N) is 1. The zero-order valence-corrected chi connectivity index (χ0v) is 18.4. The first kappa shape index (κ1) is 23.3. The number of halogens is 1. The van der Waals surface area contributed by atoms with Gasteiger partial charge in [-0.1, -0.05) is 23.7 Å². The smallest absolute Gasteiger partial charge is 0.241 e. The van der Waals surface area contributed by atoms with Gasteiger partial charge in [0.25, 0.3) is 0 Å². The van der Waals surface area contributed by atoms with Crippen LogP contribution in [0.15, 0.2) is 58.3 Å². The average Bonchev–Trinajstić information content (AvgIpc) is 2.65. The molecule has 0 heterocycles. The Morgan fingerprint density at radius 2 is 1.45 bits per heavy atom. The number of nitrogens with zero attached hydrogens (tertiary/aromatic N) is 1. The third-order valence-corrected chi connectivity index (χ3v) is 7.18. The minimum atomic E-state index is -3.90. The Bertz CT molecular complexity index is 1090. The number of benzene rings is 2. The fraction of sp³-hybridized carbons (Fsp3) is 0.278. The van der Waals surface area contributed by atoms with Crippen molar-refractivity contribution in [2.75, 3.05) is 7.05 Å². The second-order valence-corrected chi connectivity index (χ2v) is 10.2. The van der Waals surface area contributed by atoms with E-state index in [2.05, 4.69) is 4.72 Å². The molecule has 1 unspecified atom stereocenters. The van der Waals surface area contributed by atoms with Crippen LogP contribution in [0.2, 0.25) is 5.02 Å². The highest BCUT2D eigenvalue weighted by Crippen LogP contribution is 2.21. The van der Waals surface area contributed by atoms with Crippen LogP contribution in [-0.4, -0.2) is 40.7 Å². The number of carbonyl (C=O) groups is 1. The summed E-state index contributed by atoms with van der Waals surface area (Å²) in [5.41, 5.74) is 0.668. The molecular weight excluding hydrogens is 438 g/mol. The van der Waals surface area contributed by atoms with Crippen molar-refractivity contribution in [3.05, 3.63) is 59.1 Å². The molecule has 3 N–H and O–H groups in total. The molecule has 0 fully saturated rings. The summed E-state index contributed by atoms with van der Waals surface area (Å²) in [6.07, 6.45) is 0. The molecule has 8 nitrogen and oxygen atoms in total. The third-order valence-electron chi connectivity index (χ3n) is 4.45. The molecule has 0 radical (unpaired) electrons. The molecule has 2 atom stereocenters. The quantitative estimate of drug-likeness (QED) is 0.653. The van der Waals surface area contributed by atoms with Gasteiger partial charge in [0.05, 0.1) is 21.9 Å². The average molecular weight is 460 g/mol. The predicted molar refractivity (Wildman–Crippen MR) is 110 cm³/mol. The van der Waals surface area contributed by atoms with Crippen molar-refractivity contribution in [2.45, 2.75) is 35.7 Å². The number of likely N-dealkylation sites (N-methyl/N-ethyl adjacent to an activating group) is 1. The van der Waals surface area contributed by atoms with E-state index < -0.39 is 38.0 Å². The molecule has 0 saturated carbocycles. The second kappa shape index (κ2) is 8.80. The van der Waals surface area contributed by atoms with E-state index in [0.29, 0.717) is 10.6 Å². The zero-order chi connectivity index (χ0) is 22.0. The second-order valence-electron chi connectivity index (χ2n) is 6.54. The summed E-state index contributed by atoms with van der Waals surface area (Å²) in [6, 6.07) is 9.95. The van der Waals surface area contributed by atoms with Gasteiger partial charge in [0.1, 0.15) is 0 Å². The molecule has 29 heavy (non-hydrogen) atoms. The van der Waals surface area contributed by atoms with Gasteiger partial charge in [0.2, 0.25) is 26.0 Å². The van der Waals surface area contributed by atoms with Crippen molar-refractivity contribution in [3.63, 3.8) is 0 Å². The van der Waals surface area contributed by atoms with Crippen LogP contribution in [-0.2, 0) is 24.8 Å². The molecule has 0 spiro atoms. The number of hydrogen-bond acceptors (Lipinski definition) is 5. The maximum atomic E-state index is 12.7. The molecule has 0 aliphatic rings. The van der Waals surface area contributed by atoms with Crippen LogP contribution in [0.5, 0.6) is 0 Å². The lowest BCUT2D eigenvalue weighted by Crippen LogP contribution is -2.46. The normalized spacial score (nSPS) is 14.2. The minimum Gasteiger partial charge on any atom is -0.338 e. The van der Waals surface area contributed by atoms with Gasteiger partial charge in [-0.25, -0.2) is 22.0 Å². The topological polar surface area (TPSA) is 127 Å². The maximum Gasteiger partial charge on any atom is 0.241 e. The van der Waals surface area contributed by atoms with Crippen LogP contribution in [0.3, 0.4) is 0 Å². The van der Waals surface area contributed by atoms with Gasteiger partial charge in [-0.05, 0) is 55.8 Å². The van der Waals surface area contributed by atoms with Gasteiger partial charge in [-0.2, -0.15) is 4.72 Å². The minimum absolute atomic E-state index is 0.00386. The molecule has 158 valence electrons. The summed E-state index contributed by atoms with van der Waals surface area (Å²) in [7, 11) is -6.18. The van der Waals surface area contributed by atoms with Crippen LogP contribution in [0.25, 0.3) is 0 Å². The van der Waals surface area contributed by atoms with Crippen molar-refractivity contribution in [3.8, 4) is 0 Å². The van der Waals surface area contributed by atoms with E-state index in [9.17, 15) is 21.6 Å². The highest BCUT2D eigenvalue weighted by Gasteiger charge is 2.27. The summed E-state index contributed by atoms with van der Waals surface area (Å²) < 4.78 is 50.0. The predicted octanol–water partition coefficient (Wildman–Crippen LogP) is 1.87. The van der Waals surface area contributed by atoms with Crippen LogP contribution in [0, 0.1) is 0 Å². The van der Waals surface area contributed by atoms with Crippen molar-refractivity contribution in [1.29, 1.82) is 0 Å². The van der Waals surface area contributed by atoms with Crippen LogP contribution >= 0.6 is 11.6 Å². The Morgan fingerprint density at radius 3 is 1.93 bits per heavy atom. The molecule has 2 aromatic carbocycles. The van der Waals surface area contributed by atoms with Crippen molar-refractivity contribution in [1.82, 2.24) is 9.62 Å². The van der Waals surface area contributed by atoms with Crippen LogP contribution in [0.1, 0.15) is 25.5 Å². The van der Waals surface area contributed by atoms with Crippen molar-refractivity contribution >= 4 is 37.6 Å². The Labute approximate surface area is 175 Å². The molecule has 1 amide bonds. The van der Waals surface area contributed by atoms with Gasteiger partial charge in [0, 0.05) is 12.1 Å². The first-order chi connectivity index (χ1) is 13.3. The fourth-order valence-electron chi connectivity index (χ4n) is 2.62. The van der Waals surface area contributed by atoms with E-state index >= 15 is 0 Å². The number of nitrogens with one attached hydrogen (secondary N) is 1. The third kappa shape index (κ3) is 5.77. The summed E-state index contributed by atoms with van der Waals surface area (Å²) >= 11 is 5.77. The van der Waals surface area contributed by atoms with E-state index in [0.717, 1.165) is 0 Å². The lowest BCUT2D eigenvalue weighted by atomic mass is 10.1. The lowest BCUT2D eigenvalue weighted by molar-refractivity contribution is -0.133. The summed E-state index contributed by atoms with van der Waals surface area (Å²) in [5.74, 6) is -0.453. The van der Waals surface area contributed by atoms with Crippen molar-refractivity contribution in [2.24, 2.45) is 5.14 Å². The zero-order valence-electron chi connectivity index (χ0n) is 16.0. The summed E-state index contributed by atoms with van der Waals surface area (Å²) in [6.45, 7) is 3.19. The Morgan fingerprint density at radius 1 is 0.966 bits per heavy atom. The molecule has 2 rings (SSSR count). The standard InChI is InChI=1S/C18H22ClN3O5S2/c1-12(21-29(26,27)17-10-6-15(19)7-11-17)18(23)22(3)13(2)14-4-8-16(9-5-14)28(20,24)25/h4-13,21H,1-3H3,(H2,20,24,25)/t12-,13?/m0/s1. The number of rotatable bonds is 7. The monoisotopic (exact) mass is 459 g/mol. The van der Waals surface area contributed by atoms with E-state index in [1.54, 1.807) is 19.1 Å². The number of primary sulfonamides is 1. The molecular formula is C18H22ClN3O5S2. The summed E-state index contributed by atoms with van der Waals surface area (Å²) in [4.78, 5) is 14.0. The molecule has 0 aliphatic carbocycles. The fourth-order valence-corrected chi connectivity index (χ4v) is 4.46. The first-order valence-corrected chi connectivity index (χ1v) is 11.9. The number of amides is 1. The number of sulfonamides is 2. The highest BCUT2D eigenvalue weighted by atomic mass is 35.5. The molecule has 0 saturated heterocycles. The summed E-state index contributed by atoms with van der Waals surface area (Å²) in [5, 5.41) is 5.48. The molecule has 0 bridgehead atoms. The Hall–Kier alpha value is -1.98. The molecule has 0 aliphatic heterocycles. The van der Waals surface area contributed by atoms with E-state index in [-0.39, 0.29) is 9.79 Å². The number of carbonyl (C=O) groups excluding carboxylic acids is 1. The van der Waals surface area contributed by atoms with Gasteiger partial charge in [0.15, 0.2) is 0 Å². The van der Waals surface area contributed by atoms with Crippen LogP contribution < -0.4 is 9.86 Å². The molecule has 2 aromatic rings. The Balaban J connectivity index is 2.12. The largest absolute Gasteiger partial charge is 0.338 e. The van der Waals surface area contributed by atoms with Gasteiger partial charge < -0.3 is 4.90 Å². The van der Waals surface area contributed by atoms with E-state index in [1.165, 1.54) is 55.3 Å². The first-order valence-electron chi connectivity index (χ1n) is 8.50. The van der Waals surface area contributed by atoms with Gasteiger partial charge >= 0.3 is 0 Å². The molecule has 0 aromatic heterocycles. The van der Waals surface area contributed by atoms with E-state index in [4.69, 9.17) is 16.7 Å². The van der Waals surface area contributed by atoms with Crippen molar-refractivity contribution < 1.29 is 21.6 Å². The number of hydrogen-bond donors (Lipinski definition) is 2. The van der Waals surface area contributed by atoms with Gasteiger partial charge in [-0.15, -0.1) is 0 Å².